The fraction of sp³-hybridized carbons (Fsp3) is 0.481. The van der Waals surface area contributed by atoms with E-state index in [2.05, 4.69) is 32.8 Å². The molecule has 2 atom stereocenters. The van der Waals surface area contributed by atoms with E-state index in [9.17, 15) is 23.5 Å². The van der Waals surface area contributed by atoms with Gasteiger partial charge in [0.05, 0.1) is 11.7 Å². The molecule has 0 spiro atoms. The van der Waals surface area contributed by atoms with Crippen LogP contribution in [0.3, 0.4) is 0 Å². The van der Waals surface area contributed by atoms with E-state index in [1.807, 2.05) is 0 Å². The minimum absolute atomic E-state index is 0.110. The molecule has 0 radical (unpaired) electrons. The number of nitrogens with zero attached hydrogens (tertiary/aromatic N) is 4. The number of likely N-dealkylation sites (tertiary alicyclic amines) is 1. The number of amides is 1. The summed E-state index contributed by atoms with van der Waals surface area (Å²) in [4.78, 5) is 31.6. The second-order valence-corrected chi connectivity index (χ2v) is 10.1. The van der Waals surface area contributed by atoms with Crippen molar-refractivity contribution in [2.24, 2.45) is 5.92 Å². The molecule has 2 aromatic heterocycles. The van der Waals surface area contributed by atoms with Crippen LogP contribution in [0.2, 0.25) is 0 Å². The molecular formula is C27H32F2N6O3. The molecule has 0 saturated carbocycles. The molecular weight excluding hydrogens is 494 g/mol. The molecule has 11 heteroatoms. The van der Waals surface area contributed by atoms with E-state index in [-0.39, 0.29) is 17.5 Å². The lowest BCUT2D eigenvalue weighted by Gasteiger charge is -2.20. The number of benzene rings is 1. The van der Waals surface area contributed by atoms with E-state index in [0.717, 1.165) is 63.3 Å². The predicted octanol–water partition coefficient (Wildman–Crippen LogP) is 3.71. The number of pyridine rings is 1. The molecule has 3 N–H and O–H groups in total. The van der Waals surface area contributed by atoms with E-state index in [1.54, 1.807) is 0 Å². The normalized spacial score (nSPS) is 18.3. The molecule has 1 saturated heterocycles. The summed E-state index contributed by atoms with van der Waals surface area (Å²) >= 11 is 0. The quantitative estimate of drug-likeness (QED) is 0.369. The van der Waals surface area contributed by atoms with Crippen molar-refractivity contribution in [3.8, 4) is 0 Å². The zero-order chi connectivity index (χ0) is 26.6. The Hall–Kier alpha value is -3.60. The van der Waals surface area contributed by atoms with Gasteiger partial charge in [-0.15, -0.1) is 0 Å². The monoisotopic (exact) mass is 526 g/mol. The van der Waals surface area contributed by atoms with Crippen molar-refractivity contribution in [3.63, 3.8) is 0 Å². The van der Waals surface area contributed by atoms with Crippen LogP contribution >= 0.6 is 0 Å². The standard InChI is InChI=1S/C27H32F2N6O3/c28-27(29)35-23-14-19(4-5-20(23)15-31-35)25(36)33-22(26(37)38)10-13-34-12-9-17(16-34)3-7-21-8-6-18-2-1-11-30-24(18)32-21/h4-6,8,14-15,17,22,27H,1-3,7,9-13,16H2,(H,30,32)(H,33,36)(H,37,38). The summed E-state index contributed by atoms with van der Waals surface area (Å²) in [5.41, 5.74) is 2.61. The van der Waals surface area contributed by atoms with Gasteiger partial charge in [-0.1, -0.05) is 12.1 Å². The van der Waals surface area contributed by atoms with E-state index < -0.39 is 24.5 Å². The molecule has 38 heavy (non-hydrogen) atoms. The number of aryl methyl sites for hydroxylation is 2. The smallest absolute Gasteiger partial charge is 0.333 e. The number of aliphatic carboxylic acids is 1. The Bertz CT molecular complexity index is 1310. The third kappa shape index (κ3) is 5.93. The van der Waals surface area contributed by atoms with Gasteiger partial charge in [-0.25, -0.2) is 14.5 Å². The maximum atomic E-state index is 13.2. The van der Waals surface area contributed by atoms with Gasteiger partial charge in [0.25, 0.3) is 5.91 Å². The minimum atomic E-state index is -2.84. The number of anilines is 1. The van der Waals surface area contributed by atoms with Crippen LogP contribution in [0.25, 0.3) is 10.9 Å². The van der Waals surface area contributed by atoms with Crippen molar-refractivity contribution in [2.75, 3.05) is 31.5 Å². The van der Waals surface area contributed by atoms with Gasteiger partial charge in [0.2, 0.25) is 0 Å². The number of alkyl halides is 2. The summed E-state index contributed by atoms with van der Waals surface area (Å²) in [6.45, 7) is 0.453. The first-order valence-electron chi connectivity index (χ1n) is 13.1. The summed E-state index contributed by atoms with van der Waals surface area (Å²) in [6.07, 6.45) is 6.75. The summed E-state index contributed by atoms with van der Waals surface area (Å²) in [5.74, 6) is -0.208. The Balaban J connectivity index is 1.11. The highest BCUT2D eigenvalue weighted by atomic mass is 19.3. The molecule has 0 aliphatic carbocycles. The first-order chi connectivity index (χ1) is 18.4. The van der Waals surface area contributed by atoms with Crippen molar-refractivity contribution >= 4 is 28.6 Å². The lowest BCUT2D eigenvalue weighted by molar-refractivity contribution is -0.139. The molecule has 1 amide bonds. The Morgan fingerprint density at radius 2 is 2.11 bits per heavy atom. The van der Waals surface area contributed by atoms with Crippen molar-refractivity contribution in [2.45, 2.75) is 51.1 Å². The molecule has 2 aliphatic rings. The first-order valence-corrected chi connectivity index (χ1v) is 13.1. The van der Waals surface area contributed by atoms with E-state index in [0.29, 0.717) is 22.5 Å². The SMILES string of the molecule is O=C(NC(CCN1CCC(CCc2ccc3c(n2)NCCC3)C1)C(=O)O)c1ccc2cnn(C(F)F)c2c1. The molecule has 1 aromatic carbocycles. The molecule has 5 rings (SSSR count). The molecule has 0 bridgehead atoms. The van der Waals surface area contributed by atoms with Crippen LogP contribution in [0.4, 0.5) is 14.6 Å². The maximum Gasteiger partial charge on any atom is 0.333 e. The van der Waals surface area contributed by atoms with Crippen molar-refractivity contribution in [1.82, 2.24) is 25.0 Å². The van der Waals surface area contributed by atoms with Crippen molar-refractivity contribution in [1.29, 1.82) is 0 Å². The third-order valence-corrected chi connectivity index (χ3v) is 7.51. The highest BCUT2D eigenvalue weighted by Crippen LogP contribution is 2.25. The van der Waals surface area contributed by atoms with E-state index in [1.165, 1.54) is 30.0 Å². The Labute approximate surface area is 219 Å². The number of hydrogen-bond donors (Lipinski definition) is 3. The number of aromatic nitrogens is 3. The van der Waals surface area contributed by atoms with Crippen molar-refractivity contribution < 1.29 is 23.5 Å². The van der Waals surface area contributed by atoms with Crippen LogP contribution in [0, 0.1) is 5.92 Å². The van der Waals surface area contributed by atoms with Crippen LogP contribution in [0.5, 0.6) is 0 Å². The van der Waals surface area contributed by atoms with E-state index in [4.69, 9.17) is 4.98 Å². The number of carbonyl (C=O) groups is 2. The largest absolute Gasteiger partial charge is 0.480 e. The maximum absolute atomic E-state index is 13.2. The molecule has 2 aliphatic heterocycles. The molecule has 202 valence electrons. The Morgan fingerprint density at radius 1 is 1.24 bits per heavy atom. The second-order valence-electron chi connectivity index (χ2n) is 10.1. The average Bonchev–Trinajstić information content (AvgIpc) is 3.56. The molecule has 1 fully saturated rings. The van der Waals surface area contributed by atoms with Crippen LogP contribution in [0.15, 0.2) is 36.5 Å². The number of nitrogens with one attached hydrogen (secondary N) is 2. The summed E-state index contributed by atoms with van der Waals surface area (Å²) < 4.78 is 26.9. The van der Waals surface area contributed by atoms with Crippen molar-refractivity contribution in [3.05, 3.63) is 53.3 Å². The number of halogens is 2. The molecule has 2 unspecified atom stereocenters. The zero-order valence-corrected chi connectivity index (χ0v) is 21.1. The number of carboxylic acids is 1. The zero-order valence-electron chi connectivity index (χ0n) is 21.1. The van der Waals surface area contributed by atoms with Crippen LogP contribution in [-0.2, 0) is 17.6 Å². The third-order valence-electron chi connectivity index (χ3n) is 7.51. The number of rotatable bonds is 10. The first kappa shape index (κ1) is 26.0. The summed E-state index contributed by atoms with van der Waals surface area (Å²) in [7, 11) is 0. The summed E-state index contributed by atoms with van der Waals surface area (Å²) in [6, 6.07) is 7.53. The number of carboxylic acid groups (broad SMARTS) is 1. The van der Waals surface area contributed by atoms with Gasteiger partial charge in [0.15, 0.2) is 0 Å². The highest BCUT2D eigenvalue weighted by molar-refractivity contribution is 5.99. The van der Waals surface area contributed by atoms with Gasteiger partial charge in [-0.2, -0.15) is 13.9 Å². The highest BCUT2D eigenvalue weighted by Gasteiger charge is 2.26. The molecule has 3 aromatic rings. The Kier molecular flexibility index (Phi) is 7.82. The van der Waals surface area contributed by atoms with Gasteiger partial charge in [0, 0.05) is 36.3 Å². The van der Waals surface area contributed by atoms with Gasteiger partial charge in [-0.3, -0.25) is 4.79 Å². The average molecular weight is 527 g/mol. The number of hydrogen-bond acceptors (Lipinski definition) is 6. The summed E-state index contributed by atoms with van der Waals surface area (Å²) in [5, 5.41) is 19.7. The molecule has 4 heterocycles. The van der Waals surface area contributed by atoms with Gasteiger partial charge in [0.1, 0.15) is 11.9 Å². The topological polar surface area (TPSA) is 112 Å². The second kappa shape index (κ2) is 11.4. The van der Waals surface area contributed by atoms with Crippen LogP contribution in [-0.4, -0.2) is 68.9 Å². The fourth-order valence-corrected chi connectivity index (χ4v) is 5.36. The molecule has 9 nitrogen and oxygen atoms in total. The van der Waals surface area contributed by atoms with Crippen LogP contribution < -0.4 is 10.6 Å². The van der Waals surface area contributed by atoms with E-state index >= 15 is 0 Å². The van der Waals surface area contributed by atoms with Gasteiger partial charge < -0.3 is 20.6 Å². The fourth-order valence-electron chi connectivity index (χ4n) is 5.36. The lowest BCUT2D eigenvalue weighted by atomic mass is 10.00. The predicted molar refractivity (Wildman–Crippen MR) is 138 cm³/mol. The Morgan fingerprint density at radius 3 is 2.92 bits per heavy atom. The van der Waals surface area contributed by atoms with Gasteiger partial charge >= 0.3 is 12.5 Å². The number of fused-ring (bicyclic) bond motifs is 2. The lowest BCUT2D eigenvalue weighted by Crippen LogP contribution is -2.43. The van der Waals surface area contributed by atoms with Gasteiger partial charge in [-0.05, 0) is 74.8 Å². The minimum Gasteiger partial charge on any atom is -0.480 e. The van der Waals surface area contributed by atoms with Crippen LogP contribution in [0.1, 0.15) is 53.8 Å². The number of carbonyl (C=O) groups excluding carboxylic acids is 1.